The quantitative estimate of drug-likeness (QED) is 0.683. The van der Waals surface area contributed by atoms with Gasteiger partial charge in [-0.3, -0.25) is 4.79 Å². The van der Waals surface area contributed by atoms with Gasteiger partial charge in [-0.05, 0) is 19.3 Å². The standard InChI is InChI=1S/C13H23N3O2S/c1-8(2)5-4-6-9(3)15-13-16-10(7-19-13)11(14)12(17)18/h7-9,11H,4-6,14H2,1-3H3,(H,15,16)(H,17,18). The van der Waals surface area contributed by atoms with Crippen LogP contribution < -0.4 is 11.1 Å². The van der Waals surface area contributed by atoms with E-state index in [9.17, 15) is 4.79 Å². The number of nitrogens with two attached hydrogens (primary N) is 1. The van der Waals surface area contributed by atoms with Gasteiger partial charge in [0.25, 0.3) is 0 Å². The minimum absolute atomic E-state index is 0.332. The molecule has 0 saturated heterocycles. The lowest BCUT2D eigenvalue weighted by Crippen LogP contribution is -2.21. The average Bonchev–Trinajstić information content (AvgIpc) is 2.75. The number of aliphatic carboxylic acids is 1. The molecule has 0 saturated carbocycles. The molecule has 5 nitrogen and oxygen atoms in total. The molecule has 0 aliphatic carbocycles. The topological polar surface area (TPSA) is 88.2 Å². The van der Waals surface area contributed by atoms with Gasteiger partial charge in [0.05, 0.1) is 5.69 Å². The first kappa shape index (κ1) is 15.9. The molecule has 19 heavy (non-hydrogen) atoms. The van der Waals surface area contributed by atoms with Gasteiger partial charge in [-0.2, -0.15) is 0 Å². The molecule has 4 N–H and O–H groups in total. The SMILES string of the molecule is CC(C)CCCC(C)Nc1nc(C(N)C(=O)O)cs1. The number of carboxylic acid groups (broad SMARTS) is 1. The fourth-order valence-electron chi connectivity index (χ4n) is 1.74. The summed E-state index contributed by atoms with van der Waals surface area (Å²) < 4.78 is 0. The third kappa shape index (κ3) is 5.57. The molecule has 0 bridgehead atoms. The summed E-state index contributed by atoms with van der Waals surface area (Å²) >= 11 is 1.40. The van der Waals surface area contributed by atoms with Crippen molar-refractivity contribution in [1.82, 2.24) is 4.98 Å². The van der Waals surface area contributed by atoms with Gasteiger partial charge >= 0.3 is 5.97 Å². The zero-order chi connectivity index (χ0) is 14.4. The minimum Gasteiger partial charge on any atom is -0.480 e. The fourth-order valence-corrected chi connectivity index (χ4v) is 2.60. The van der Waals surface area contributed by atoms with Crippen molar-refractivity contribution in [3.8, 4) is 0 Å². The van der Waals surface area contributed by atoms with Crippen molar-refractivity contribution >= 4 is 22.4 Å². The lowest BCUT2D eigenvalue weighted by Gasteiger charge is -2.13. The third-order valence-electron chi connectivity index (χ3n) is 2.90. The van der Waals surface area contributed by atoms with E-state index >= 15 is 0 Å². The molecule has 6 heteroatoms. The Hall–Kier alpha value is -1.14. The number of hydrogen-bond donors (Lipinski definition) is 3. The van der Waals surface area contributed by atoms with Crippen LogP contribution in [0.4, 0.5) is 5.13 Å². The van der Waals surface area contributed by atoms with Crippen LogP contribution in [0.1, 0.15) is 51.8 Å². The van der Waals surface area contributed by atoms with E-state index in [1.165, 1.54) is 24.2 Å². The molecule has 0 aliphatic rings. The molecular weight excluding hydrogens is 262 g/mol. The third-order valence-corrected chi connectivity index (χ3v) is 3.69. The van der Waals surface area contributed by atoms with E-state index in [-0.39, 0.29) is 0 Å². The summed E-state index contributed by atoms with van der Waals surface area (Å²) in [4.78, 5) is 15.0. The molecule has 2 atom stereocenters. The maximum absolute atomic E-state index is 10.8. The molecule has 0 fully saturated rings. The zero-order valence-corrected chi connectivity index (χ0v) is 12.5. The molecule has 1 heterocycles. The fraction of sp³-hybridized carbons (Fsp3) is 0.692. The predicted molar refractivity (Wildman–Crippen MR) is 78.5 cm³/mol. The maximum atomic E-state index is 10.8. The number of carbonyl (C=O) groups is 1. The summed E-state index contributed by atoms with van der Waals surface area (Å²) in [6.07, 6.45) is 3.48. The van der Waals surface area contributed by atoms with Gasteiger partial charge < -0.3 is 16.2 Å². The highest BCUT2D eigenvalue weighted by atomic mass is 32.1. The summed E-state index contributed by atoms with van der Waals surface area (Å²) in [5.74, 6) is -0.325. The molecule has 2 unspecified atom stereocenters. The Kier molecular flexibility index (Phi) is 6.24. The van der Waals surface area contributed by atoms with Crippen molar-refractivity contribution in [3.63, 3.8) is 0 Å². The first-order valence-corrected chi connectivity index (χ1v) is 7.48. The lowest BCUT2D eigenvalue weighted by atomic mass is 10.0. The second-order valence-electron chi connectivity index (χ2n) is 5.26. The molecule has 0 aromatic carbocycles. The smallest absolute Gasteiger partial charge is 0.326 e. The Morgan fingerprint density at radius 2 is 2.16 bits per heavy atom. The van der Waals surface area contributed by atoms with Crippen LogP contribution in [0.2, 0.25) is 0 Å². The van der Waals surface area contributed by atoms with Crippen LogP contribution in [0.25, 0.3) is 0 Å². The summed E-state index contributed by atoms with van der Waals surface area (Å²) in [5.41, 5.74) is 5.92. The van der Waals surface area contributed by atoms with E-state index in [0.29, 0.717) is 11.7 Å². The van der Waals surface area contributed by atoms with E-state index < -0.39 is 12.0 Å². The number of hydrogen-bond acceptors (Lipinski definition) is 5. The van der Waals surface area contributed by atoms with Crippen LogP contribution in [0.5, 0.6) is 0 Å². The second-order valence-corrected chi connectivity index (χ2v) is 6.12. The zero-order valence-electron chi connectivity index (χ0n) is 11.7. The number of nitrogens with zero attached hydrogens (tertiary/aromatic N) is 1. The Balaban J connectivity index is 2.42. The maximum Gasteiger partial charge on any atom is 0.326 e. The normalized spacial score (nSPS) is 14.4. The van der Waals surface area contributed by atoms with Crippen molar-refractivity contribution in [2.45, 2.75) is 52.1 Å². The van der Waals surface area contributed by atoms with Crippen LogP contribution >= 0.6 is 11.3 Å². The molecule has 0 radical (unpaired) electrons. The number of carboxylic acids is 1. The van der Waals surface area contributed by atoms with E-state index in [0.717, 1.165) is 17.5 Å². The number of rotatable bonds is 8. The van der Waals surface area contributed by atoms with Crippen LogP contribution in [0.3, 0.4) is 0 Å². The highest BCUT2D eigenvalue weighted by Crippen LogP contribution is 2.21. The Morgan fingerprint density at radius 3 is 2.74 bits per heavy atom. The van der Waals surface area contributed by atoms with Crippen molar-refractivity contribution < 1.29 is 9.90 Å². The van der Waals surface area contributed by atoms with E-state index in [4.69, 9.17) is 10.8 Å². The highest BCUT2D eigenvalue weighted by molar-refractivity contribution is 7.13. The number of anilines is 1. The molecule has 0 amide bonds. The summed E-state index contributed by atoms with van der Waals surface area (Å²) in [7, 11) is 0. The molecule has 0 spiro atoms. The van der Waals surface area contributed by atoms with E-state index in [1.54, 1.807) is 5.38 Å². The van der Waals surface area contributed by atoms with Gasteiger partial charge in [0.2, 0.25) is 0 Å². The van der Waals surface area contributed by atoms with E-state index in [2.05, 4.69) is 31.1 Å². The molecule has 0 aliphatic heterocycles. The highest BCUT2D eigenvalue weighted by Gasteiger charge is 2.18. The summed E-state index contributed by atoms with van der Waals surface area (Å²) in [5, 5.41) is 14.5. The second kappa shape index (κ2) is 7.45. The summed E-state index contributed by atoms with van der Waals surface area (Å²) in [6.45, 7) is 6.55. The van der Waals surface area contributed by atoms with Crippen molar-refractivity contribution in [2.75, 3.05) is 5.32 Å². The molecule has 108 valence electrons. The van der Waals surface area contributed by atoms with Crippen molar-refractivity contribution in [2.24, 2.45) is 11.7 Å². The molecule has 1 aromatic rings. The van der Waals surface area contributed by atoms with Crippen molar-refractivity contribution in [1.29, 1.82) is 0 Å². The lowest BCUT2D eigenvalue weighted by molar-refractivity contribution is -0.138. The van der Waals surface area contributed by atoms with Crippen LogP contribution in [-0.2, 0) is 4.79 Å². The first-order valence-electron chi connectivity index (χ1n) is 6.60. The van der Waals surface area contributed by atoms with Crippen LogP contribution in [0.15, 0.2) is 5.38 Å². The number of nitrogens with one attached hydrogen (secondary N) is 1. The number of thiazole rings is 1. The minimum atomic E-state index is -1.05. The number of aromatic nitrogens is 1. The molecule has 1 aromatic heterocycles. The average molecular weight is 285 g/mol. The first-order chi connectivity index (χ1) is 8.90. The van der Waals surface area contributed by atoms with Gasteiger partial charge in [-0.25, -0.2) is 4.98 Å². The predicted octanol–water partition coefficient (Wildman–Crippen LogP) is 2.85. The molecule has 1 rings (SSSR count). The Morgan fingerprint density at radius 1 is 1.47 bits per heavy atom. The van der Waals surface area contributed by atoms with Crippen LogP contribution in [0, 0.1) is 5.92 Å². The van der Waals surface area contributed by atoms with Crippen molar-refractivity contribution in [3.05, 3.63) is 11.1 Å². The summed E-state index contributed by atoms with van der Waals surface area (Å²) in [6, 6.07) is -0.707. The largest absolute Gasteiger partial charge is 0.480 e. The molecular formula is C13H23N3O2S. The van der Waals surface area contributed by atoms with E-state index in [1.807, 2.05) is 0 Å². The van der Waals surface area contributed by atoms with Gasteiger partial charge in [-0.1, -0.05) is 26.7 Å². The van der Waals surface area contributed by atoms with Crippen LogP contribution in [-0.4, -0.2) is 22.1 Å². The van der Waals surface area contributed by atoms with Gasteiger partial charge in [0, 0.05) is 11.4 Å². The van der Waals surface area contributed by atoms with Gasteiger partial charge in [0.1, 0.15) is 6.04 Å². The van der Waals surface area contributed by atoms with Gasteiger partial charge in [0.15, 0.2) is 5.13 Å². The van der Waals surface area contributed by atoms with Gasteiger partial charge in [-0.15, -0.1) is 11.3 Å². The monoisotopic (exact) mass is 285 g/mol. The Bertz CT molecular complexity index is 406. The Labute approximate surface area is 118 Å².